The molecular weight excluding hydrogens is 336 g/mol. The lowest BCUT2D eigenvalue weighted by Crippen LogP contribution is -2.37. The van der Waals surface area contributed by atoms with Gasteiger partial charge in [0.15, 0.2) is 5.41 Å². The van der Waals surface area contributed by atoms with Crippen LogP contribution in [0.2, 0.25) is 0 Å². The summed E-state index contributed by atoms with van der Waals surface area (Å²) in [6, 6.07) is 22.2. The first-order valence-corrected chi connectivity index (χ1v) is 8.92. The van der Waals surface area contributed by atoms with Crippen molar-refractivity contribution >= 4 is 11.5 Å². The van der Waals surface area contributed by atoms with Gasteiger partial charge in [0.1, 0.15) is 0 Å². The zero-order valence-corrected chi connectivity index (χ0v) is 15.0. The number of methoxy groups -OCH3 is 1. The van der Waals surface area contributed by atoms with Crippen LogP contribution in [0.15, 0.2) is 60.2 Å². The molecule has 0 amide bonds. The highest BCUT2D eigenvalue weighted by Crippen LogP contribution is 2.57. The van der Waals surface area contributed by atoms with Crippen LogP contribution in [0.25, 0.3) is 5.57 Å². The highest BCUT2D eigenvalue weighted by molar-refractivity contribution is 5.89. The van der Waals surface area contributed by atoms with Crippen LogP contribution in [0.3, 0.4) is 0 Å². The number of benzene rings is 2. The maximum Gasteiger partial charge on any atom is 0.309 e. The molecule has 2 aromatic rings. The molecule has 27 heavy (non-hydrogen) atoms. The predicted molar refractivity (Wildman–Crippen MR) is 100 cm³/mol. The summed E-state index contributed by atoms with van der Waals surface area (Å²) < 4.78 is 5.07. The van der Waals surface area contributed by atoms with Crippen molar-refractivity contribution < 1.29 is 9.53 Å². The topological polar surface area (TPSA) is 73.9 Å². The van der Waals surface area contributed by atoms with Crippen LogP contribution in [0.4, 0.5) is 0 Å². The van der Waals surface area contributed by atoms with Gasteiger partial charge in [-0.05, 0) is 35.1 Å². The van der Waals surface area contributed by atoms with Gasteiger partial charge in [-0.2, -0.15) is 10.5 Å². The Kier molecular flexibility index (Phi) is 4.05. The molecule has 0 N–H and O–H groups in total. The van der Waals surface area contributed by atoms with Gasteiger partial charge in [-0.25, -0.2) is 0 Å². The van der Waals surface area contributed by atoms with E-state index >= 15 is 0 Å². The third-order valence-electron chi connectivity index (χ3n) is 5.76. The average molecular weight is 354 g/mol. The minimum atomic E-state index is -1.34. The van der Waals surface area contributed by atoms with E-state index in [4.69, 9.17) is 4.74 Å². The summed E-state index contributed by atoms with van der Waals surface area (Å²) in [5, 5.41) is 20.0. The molecule has 4 rings (SSSR count). The van der Waals surface area contributed by atoms with Crippen LogP contribution in [0.1, 0.15) is 29.0 Å². The number of hydrogen-bond donors (Lipinski definition) is 0. The van der Waals surface area contributed by atoms with E-state index in [2.05, 4.69) is 12.1 Å². The smallest absolute Gasteiger partial charge is 0.309 e. The maximum atomic E-state index is 12.7. The molecule has 2 atom stereocenters. The molecule has 0 aliphatic heterocycles. The van der Waals surface area contributed by atoms with Gasteiger partial charge in [0.05, 0.1) is 25.2 Å². The van der Waals surface area contributed by atoms with Crippen LogP contribution in [0.5, 0.6) is 0 Å². The van der Waals surface area contributed by atoms with Gasteiger partial charge < -0.3 is 4.74 Å². The van der Waals surface area contributed by atoms with Gasteiger partial charge in [0, 0.05) is 5.92 Å². The molecule has 1 unspecified atom stereocenters. The van der Waals surface area contributed by atoms with Crippen LogP contribution < -0.4 is 0 Å². The van der Waals surface area contributed by atoms with Crippen LogP contribution in [-0.4, -0.2) is 13.1 Å². The van der Waals surface area contributed by atoms with E-state index in [9.17, 15) is 15.3 Å². The molecule has 0 saturated carbocycles. The molecule has 0 bridgehead atoms. The highest BCUT2D eigenvalue weighted by Gasteiger charge is 2.52. The fourth-order valence-electron chi connectivity index (χ4n) is 4.64. The minimum absolute atomic E-state index is 0.138. The molecule has 0 saturated heterocycles. The van der Waals surface area contributed by atoms with Crippen LogP contribution >= 0.6 is 0 Å². The second-order valence-corrected chi connectivity index (χ2v) is 7.09. The first-order chi connectivity index (χ1) is 13.1. The summed E-state index contributed by atoms with van der Waals surface area (Å²) in [7, 11) is 1.36. The second-order valence-electron chi connectivity index (χ2n) is 7.09. The molecule has 0 aromatic heterocycles. The third-order valence-corrected chi connectivity index (χ3v) is 5.76. The number of carbonyl (C=O) groups excluding carboxylic acids is 1. The minimum Gasteiger partial charge on any atom is -0.469 e. The van der Waals surface area contributed by atoms with E-state index in [0.717, 1.165) is 27.8 Å². The molecule has 4 heteroatoms. The van der Waals surface area contributed by atoms with Crippen molar-refractivity contribution in [2.75, 3.05) is 7.11 Å². The lowest BCUT2D eigenvalue weighted by atomic mass is 9.61. The van der Waals surface area contributed by atoms with Crippen molar-refractivity contribution in [1.82, 2.24) is 0 Å². The average Bonchev–Trinajstić information content (AvgIpc) is 3.12. The molecule has 0 heterocycles. The first-order valence-electron chi connectivity index (χ1n) is 8.92. The Morgan fingerprint density at radius 3 is 2.41 bits per heavy atom. The molecule has 4 nitrogen and oxygen atoms in total. The van der Waals surface area contributed by atoms with Gasteiger partial charge in [0.2, 0.25) is 0 Å². The molecular formula is C23H18N2O2. The van der Waals surface area contributed by atoms with Crippen molar-refractivity contribution in [3.8, 4) is 12.1 Å². The van der Waals surface area contributed by atoms with E-state index < -0.39 is 11.3 Å². The lowest BCUT2D eigenvalue weighted by Gasteiger charge is -2.38. The summed E-state index contributed by atoms with van der Waals surface area (Å²) in [6.45, 7) is 0. The standard InChI is InChI=1S/C23H18N2O2/c1-27-22(26)19-12-23(13-24,14-25)21-17-10-6-5-9-16(17)11-18(21)20(19)15-7-3-2-4-8-15/h2-10,19-20H,11-12H2,1H3/t19?,20-/m0/s1. The fraction of sp³-hybridized carbons (Fsp3) is 0.261. The maximum absolute atomic E-state index is 12.7. The Morgan fingerprint density at radius 1 is 1.07 bits per heavy atom. The zero-order chi connectivity index (χ0) is 19.0. The molecule has 132 valence electrons. The molecule has 0 spiro atoms. The summed E-state index contributed by atoms with van der Waals surface area (Å²) >= 11 is 0. The van der Waals surface area contributed by atoms with Crippen LogP contribution in [-0.2, 0) is 16.0 Å². The SMILES string of the molecule is COC(=O)C1CC(C#N)(C#N)C2=C(Cc3ccccc32)[C@@H]1c1ccccc1. The van der Waals surface area contributed by atoms with Crippen molar-refractivity contribution in [1.29, 1.82) is 10.5 Å². The van der Waals surface area contributed by atoms with E-state index in [1.165, 1.54) is 7.11 Å². The number of hydrogen-bond acceptors (Lipinski definition) is 4. The highest BCUT2D eigenvalue weighted by atomic mass is 16.5. The van der Waals surface area contributed by atoms with Crippen molar-refractivity contribution in [3.63, 3.8) is 0 Å². The summed E-state index contributed by atoms with van der Waals surface area (Å²) in [4.78, 5) is 12.7. The Balaban J connectivity index is 2.00. The third kappa shape index (κ3) is 2.46. The predicted octanol–water partition coefficient (Wildman–Crippen LogP) is 4.01. The number of esters is 1. The van der Waals surface area contributed by atoms with Crippen molar-refractivity contribution in [2.24, 2.45) is 11.3 Å². The van der Waals surface area contributed by atoms with E-state index in [1.54, 1.807) is 0 Å². The van der Waals surface area contributed by atoms with E-state index in [-0.39, 0.29) is 18.3 Å². The molecule has 0 fully saturated rings. The summed E-state index contributed by atoms with van der Waals surface area (Å²) in [5.74, 6) is -1.14. The van der Waals surface area contributed by atoms with Gasteiger partial charge in [-0.15, -0.1) is 0 Å². The number of rotatable bonds is 2. The van der Waals surface area contributed by atoms with E-state index in [0.29, 0.717) is 6.42 Å². The molecule has 0 radical (unpaired) electrons. The normalized spacial score (nSPS) is 22.2. The van der Waals surface area contributed by atoms with Crippen LogP contribution in [0, 0.1) is 34.0 Å². The number of nitrogens with zero attached hydrogens (tertiary/aromatic N) is 2. The van der Waals surface area contributed by atoms with Gasteiger partial charge in [-0.1, -0.05) is 60.2 Å². The second kappa shape index (κ2) is 6.41. The largest absolute Gasteiger partial charge is 0.469 e. The van der Waals surface area contributed by atoms with E-state index in [1.807, 2.05) is 54.6 Å². The van der Waals surface area contributed by atoms with Crippen molar-refractivity contribution in [2.45, 2.75) is 18.8 Å². The Labute approximate surface area is 158 Å². The number of allylic oxidation sites excluding steroid dienone is 2. The number of fused-ring (bicyclic) bond motifs is 2. The Hall–Kier alpha value is -3.37. The fourth-order valence-corrected chi connectivity index (χ4v) is 4.64. The molecule has 2 aliphatic carbocycles. The summed E-state index contributed by atoms with van der Waals surface area (Å²) in [5.41, 5.74) is 3.51. The van der Waals surface area contributed by atoms with Gasteiger partial charge in [0.25, 0.3) is 0 Å². The zero-order valence-electron chi connectivity index (χ0n) is 15.0. The first kappa shape index (κ1) is 17.1. The van der Waals surface area contributed by atoms with Gasteiger partial charge in [-0.3, -0.25) is 4.79 Å². The van der Waals surface area contributed by atoms with Gasteiger partial charge >= 0.3 is 5.97 Å². The number of nitriles is 2. The summed E-state index contributed by atoms with van der Waals surface area (Å²) in [6.07, 6.45) is 0.781. The number of carbonyl (C=O) groups is 1. The van der Waals surface area contributed by atoms with Crippen molar-refractivity contribution in [3.05, 3.63) is 76.9 Å². The molecule has 2 aliphatic rings. The Morgan fingerprint density at radius 2 is 1.74 bits per heavy atom. The number of ether oxygens (including phenoxy) is 1. The Bertz CT molecular complexity index is 1010. The quantitative estimate of drug-likeness (QED) is 0.764. The monoisotopic (exact) mass is 354 g/mol. The lowest BCUT2D eigenvalue weighted by molar-refractivity contribution is -0.146. The molecule has 2 aromatic carbocycles.